The molecule has 1 N–H and O–H groups in total. The minimum absolute atomic E-state index is 0.268. The number of alkyl carbamates (subject to hydrolysis) is 1. The summed E-state index contributed by atoms with van der Waals surface area (Å²) >= 11 is 5.82. The number of carbonyl (C=O) groups is 1. The van der Waals surface area contributed by atoms with Crippen molar-refractivity contribution in [2.75, 3.05) is 13.2 Å². The Labute approximate surface area is 130 Å². The minimum Gasteiger partial charge on any atom is -0.444 e. The first-order chi connectivity index (χ1) is 9.85. The van der Waals surface area contributed by atoms with E-state index < -0.39 is 5.60 Å². The Morgan fingerprint density at radius 2 is 2.29 bits per heavy atom. The van der Waals surface area contributed by atoms with E-state index in [1.165, 1.54) is 0 Å². The van der Waals surface area contributed by atoms with Crippen LogP contribution in [0.4, 0.5) is 4.79 Å². The topological polar surface area (TPSA) is 54.5 Å². The van der Waals surface area contributed by atoms with Crippen molar-refractivity contribution in [1.29, 1.82) is 0 Å². The Morgan fingerprint density at radius 3 is 2.90 bits per heavy atom. The average Bonchev–Trinajstić information content (AvgIpc) is 2.83. The van der Waals surface area contributed by atoms with Crippen LogP contribution in [0.2, 0.25) is 5.15 Å². The first kappa shape index (κ1) is 16.0. The van der Waals surface area contributed by atoms with Crippen molar-refractivity contribution < 1.29 is 9.53 Å². The molecule has 1 atom stereocenters. The molecule has 1 fully saturated rings. The van der Waals surface area contributed by atoms with Crippen LogP contribution < -0.4 is 5.32 Å². The number of nitrogens with one attached hydrogen (secondary N) is 1. The van der Waals surface area contributed by atoms with Gasteiger partial charge in [0, 0.05) is 18.8 Å². The summed E-state index contributed by atoms with van der Waals surface area (Å²) in [5.74, 6) is 0. The van der Waals surface area contributed by atoms with Gasteiger partial charge in [0.15, 0.2) is 0 Å². The van der Waals surface area contributed by atoms with Gasteiger partial charge in [-0.05, 0) is 45.2 Å². The molecule has 0 radical (unpaired) electrons. The van der Waals surface area contributed by atoms with Gasteiger partial charge in [-0.3, -0.25) is 4.90 Å². The van der Waals surface area contributed by atoms with Crippen LogP contribution in [0.1, 0.15) is 45.2 Å². The Balaban J connectivity index is 1.90. The number of halogens is 1. The van der Waals surface area contributed by atoms with E-state index in [1.807, 2.05) is 26.8 Å². The molecule has 1 aromatic heterocycles. The number of nitrogens with zero attached hydrogens (tertiary/aromatic N) is 2. The Morgan fingerprint density at radius 1 is 1.52 bits per heavy atom. The lowest BCUT2D eigenvalue weighted by molar-refractivity contribution is 0.0486. The third kappa shape index (κ3) is 4.86. The van der Waals surface area contributed by atoms with Crippen molar-refractivity contribution in [1.82, 2.24) is 15.2 Å². The molecule has 116 valence electrons. The fraction of sp³-hybridized carbons (Fsp3) is 0.600. The molecule has 0 saturated carbocycles. The third-order valence-electron chi connectivity index (χ3n) is 3.32. The van der Waals surface area contributed by atoms with E-state index in [4.69, 9.17) is 16.3 Å². The molecule has 0 aliphatic carbocycles. The highest BCUT2D eigenvalue weighted by molar-refractivity contribution is 6.29. The van der Waals surface area contributed by atoms with Crippen LogP contribution in [-0.2, 0) is 4.74 Å². The van der Waals surface area contributed by atoms with Gasteiger partial charge in [-0.1, -0.05) is 17.7 Å². The number of amides is 1. The number of pyridine rings is 1. The highest BCUT2D eigenvalue weighted by atomic mass is 35.5. The van der Waals surface area contributed by atoms with Gasteiger partial charge >= 0.3 is 6.09 Å². The van der Waals surface area contributed by atoms with E-state index in [0.717, 1.165) is 24.9 Å². The molecule has 1 amide bonds. The van der Waals surface area contributed by atoms with Crippen molar-refractivity contribution in [3.63, 3.8) is 0 Å². The third-order valence-corrected chi connectivity index (χ3v) is 3.55. The van der Waals surface area contributed by atoms with E-state index in [-0.39, 0.29) is 12.1 Å². The van der Waals surface area contributed by atoms with E-state index in [2.05, 4.69) is 15.2 Å². The van der Waals surface area contributed by atoms with Gasteiger partial charge in [-0.2, -0.15) is 0 Å². The molecule has 1 aliphatic heterocycles. The zero-order chi connectivity index (χ0) is 15.5. The Kier molecular flexibility index (Phi) is 5.06. The summed E-state index contributed by atoms with van der Waals surface area (Å²) < 4.78 is 5.25. The molecule has 2 rings (SSSR count). The van der Waals surface area contributed by atoms with Crippen LogP contribution in [-0.4, -0.2) is 34.8 Å². The van der Waals surface area contributed by atoms with Gasteiger partial charge in [-0.15, -0.1) is 0 Å². The van der Waals surface area contributed by atoms with Gasteiger partial charge in [0.1, 0.15) is 10.8 Å². The smallest absolute Gasteiger partial charge is 0.408 e. The Hall–Kier alpha value is -1.33. The molecule has 21 heavy (non-hydrogen) atoms. The Bertz CT molecular complexity index is 485. The highest BCUT2D eigenvalue weighted by Crippen LogP contribution is 2.31. The van der Waals surface area contributed by atoms with Crippen LogP contribution in [0.25, 0.3) is 0 Å². The molecule has 1 saturated heterocycles. The second-order valence-corrected chi connectivity index (χ2v) is 6.61. The molecule has 0 spiro atoms. The van der Waals surface area contributed by atoms with Gasteiger partial charge < -0.3 is 10.1 Å². The minimum atomic E-state index is -0.478. The van der Waals surface area contributed by atoms with Crippen LogP contribution in [0, 0.1) is 0 Å². The molecule has 6 heteroatoms. The summed E-state index contributed by atoms with van der Waals surface area (Å²) in [5.41, 5.74) is 0.650. The largest absolute Gasteiger partial charge is 0.444 e. The lowest BCUT2D eigenvalue weighted by Crippen LogP contribution is -2.40. The monoisotopic (exact) mass is 311 g/mol. The maximum absolute atomic E-state index is 11.7. The summed E-state index contributed by atoms with van der Waals surface area (Å²) in [6.07, 6.45) is 3.57. The van der Waals surface area contributed by atoms with Gasteiger partial charge in [-0.25, -0.2) is 9.78 Å². The molecule has 0 bridgehead atoms. The average molecular weight is 312 g/mol. The summed E-state index contributed by atoms with van der Waals surface area (Å²) in [6, 6.07) is 4.06. The summed E-state index contributed by atoms with van der Waals surface area (Å²) in [4.78, 5) is 18.1. The molecule has 0 unspecified atom stereocenters. The van der Waals surface area contributed by atoms with Crippen LogP contribution >= 0.6 is 11.6 Å². The first-order valence-electron chi connectivity index (χ1n) is 7.17. The maximum atomic E-state index is 11.7. The highest BCUT2D eigenvalue weighted by Gasteiger charge is 2.27. The summed E-state index contributed by atoms with van der Waals surface area (Å²) in [6.45, 7) is 6.98. The standard InChI is InChI=1S/C15H22ClN3O2/c1-15(2,3)21-14(20)18-10-19-8-4-5-12(19)11-6-7-13(16)17-9-11/h6-7,9,12H,4-5,8,10H2,1-3H3,(H,18,20)/t12-/m1/s1. The molecule has 1 aliphatic rings. The van der Waals surface area contributed by atoms with Crippen molar-refractivity contribution in [2.24, 2.45) is 0 Å². The van der Waals surface area contributed by atoms with Crippen molar-refractivity contribution >= 4 is 17.7 Å². The van der Waals surface area contributed by atoms with Gasteiger partial charge in [0.25, 0.3) is 0 Å². The zero-order valence-corrected chi connectivity index (χ0v) is 13.5. The summed E-state index contributed by atoms with van der Waals surface area (Å²) in [5, 5.41) is 3.31. The predicted molar refractivity (Wildman–Crippen MR) is 82.2 cm³/mol. The van der Waals surface area contributed by atoms with E-state index in [1.54, 1.807) is 12.3 Å². The second-order valence-electron chi connectivity index (χ2n) is 6.22. The van der Waals surface area contributed by atoms with Crippen molar-refractivity contribution in [3.8, 4) is 0 Å². The number of likely N-dealkylation sites (tertiary alicyclic amines) is 1. The number of carbonyl (C=O) groups excluding carboxylic acids is 1. The van der Waals surface area contributed by atoms with Gasteiger partial charge in [0.05, 0.1) is 6.67 Å². The number of ether oxygens (including phenoxy) is 1. The van der Waals surface area contributed by atoms with Crippen molar-refractivity contribution in [2.45, 2.75) is 45.3 Å². The number of hydrogen-bond donors (Lipinski definition) is 1. The molecule has 0 aromatic carbocycles. The SMILES string of the molecule is CC(C)(C)OC(=O)NCN1CCC[C@@H]1c1ccc(Cl)nc1. The normalized spacial score (nSPS) is 19.5. The quantitative estimate of drug-likeness (QED) is 0.870. The van der Waals surface area contributed by atoms with Crippen LogP contribution in [0.3, 0.4) is 0 Å². The molecule has 2 heterocycles. The van der Waals surface area contributed by atoms with E-state index in [9.17, 15) is 4.79 Å². The zero-order valence-electron chi connectivity index (χ0n) is 12.7. The van der Waals surface area contributed by atoms with Crippen LogP contribution in [0.5, 0.6) is 0 Å². The predicted octanol–water partition coefficient (Wildman–Crippen LogP) is 3.35. The second kappa shape index (κ2) is 6.62. The lowest BCUT2D eigenvalue weighted by Gasteiger charge is -2.26. The van der Waals surface area contributed by atoms with Crippen molar-refractivity contribution in [3.05, 3.63) is 29.0 Å². The van der Waals surface area contributed by atoms with Crippen LogP contribution in [0.15, 0.2) is 18.3 Å². The fourth-order valence-corrected chi connectivity index (χ4v) is 2.57. The first-order valence-corrected chi connectivity index (χ1v) is 7.55. The molecule has 1 aromatic rings. The van der Waals surface area contributed by atoms with E-state index >= 15 is 0 Å². The number of hydrogen-bond acceptors (Lipinski definition) is 4. The maximum Gasteiger partial charge on any atom is 0.408 e. The number of rotatable bonds is 3. The lowest BCUT2D eigenvalue weighted by atomic mass is 10.1. The van der Waals surface area contributed by atoms with Gasteiger partial charge in [0.2, 0.25) is 0 Å². The molecular formula is C15H22ClN3O2. The molecular weight excluding hydrogens is 290 g/mol. The van der Waals surface area contributed by atoms with E-state index in [0.29, 0.717) is 11.8 Å². The fourth-order valence-electron chi connectivity index (χ4n) is 2.46. The number of aromatic nitrogens is 1. The molecule has 5 nitrogen and oxygen atoms in total. The summed E-state index contributed by atoms with van der Waals surface area (Å²) in [7, 11) is 0.